The molecule has 0 spiro atoms. The summed E-state index contributed by atoms with van der Waals surface area (Å²) in [7, 11) is 1.86. The number of hydrogen-bond donors (Lipinski definition) is 0. The normalized spacial score (nSPS) is 14.4. The molecular formula is C31H26BrNOS. The highest BCUT2D eigenvalue weighted by molar-refractivity contribution is 9.10. The van der Waals surface area contributed by atoms with Crippen LogP contribution in [0.15, 0.2) is 117 Å². The molecule has 35 heavy (non-hydrogen) atoms. The van der Waals surface area contributed by atoms with Gasteiger partial charge in [0.1, 0.15) is 0 Å². The van der Waals surface area contributed by atoms with Crippen LogP contribution in [0.3, 0.4) is 0 Å². The average Bonchev–Trinajstić information content (AvgIpc) is 2.97. The molecule has 0 saturated carbocycles. The van der Waals surface area contributed by atoms with E-state index in [4.69, 9.17) is 0 Å². The number of hydrogen-bond acceptors (Lipinski definition) is 2. The highest BCUT2D eigenvalue weighted by Gasteiger charge is 2.18. The number of carbonyl (C=O) groups excluding carboxylic acids is 1. The number of amides is 1. The average molecular weight is 541 g/mol. The minimum atomic E-state index is 0.0364. The minimum Gasteiger partial charge on any atom is -0.337 e. The number of halogens is 1. The smallest absolute Gasteiger partial charge is 0.253 e. The fraction of sp³-hybridized carbons (Fsp3) is 0.129. The lowest BCUT2D eigenvalue weighted by molar-refractivity contribution is 0.0784. The summed E-state index contributed by atoms with van der Waals surface area (Å²) in [5.41, 5.74) is 6.80. The van der Waals surface area contributed by atoms with Gasteiger partial charge in [-0.15, -0.1) is 0 Å². The Morgan fingerprint density at radius 1 is 0.886 bits per heavy atom. The number of carbonyl (C=O) groups is 1. The molecule has 1 amide bonds. The Balaban J connectivity index is 1.45. The Hall–Kier alpha value is -3.08. The van der Waals surface area contributed by atoms with Crippen LogP contribution in [0.4, 0.5) is 0 Å². The second-order valence-corrected chi connectivity index (χ2v) is 10.6. The van der Waals surface area contributed by atoms with E-state index in [0.717, 1.165) is 28.4 Å². The molecule has 1 heterocycles. The largest absolute Gasteiger partial charge is 0.337 e. The second-order valence-electron chi connectivity index (χ2n) is 8.70. The maximum atomic E-state index is 13.3. The van der Waals surface area contributed by atoms with Gasteiger partial charge in [-0.25, -0.2) is 0 Å². The molecule has 1 aliphatic rings. The van der Waals surface area contributed by atoms with Crippen molar-refractivity contribution in [2.75, 3.05) is 7.05 Å². The van der Waals surface area contributed by atoms with Gasteiger partial charge in [-0.05, 0) is 71.0 Å². The Kier molecular flexibility index (Phi) is 7.21. The van der Waals surface area contributed by atoms with Crippen LogP contribution in [0.5, 0.6) is 0 Å². The number of nitrogens with zero attached hydrogens (tertiary/aromatic N) is 1. The third kappa shape index (κ3) is 5.29. The van der Waals surface area contributed by atoms with E-state index < -0.39 is 0 Å². The third-order valence-electron chi connectivity index (χ3n) is 6.26. The first kappa shape index (κ1) is 23.7. The van der Waals surface area contributed by atoms with Crippen molar-refractivity contribution in [1.82, 2.24) is 4.90 Å². The zero-order chi connectivity index (χ0) is 24.2. The van der Waals surface area contributed by atoms with Gasteiger partial charge in [0, 0.05) is 33.4 Å². The predicted octanol–water partition coefficient (Wildman–Crippen LogP) is 8.25. The van der Waals surface area contributed by atoms with E-state index in [2.05, 4.69) is 88.7 Å². The van der Waals surface area contributed by atoms with Gasteiger partial charge in [0.05, 0.1) is 0 Å². The molecule has 174 valence electrons. The van der Waals surface area contributed by atoms with Gasteiger partial charge in [0.2, 0.25) is 0 Å². The van der Waals surface area contributed by atoms with Crippen LogP contribution in [0.2, 0.25) is 0 Å². The standard InChI is InChI=1S/C31H26BrNOS/c1-33(21-25-12-5-7-16-28(25)32)31(34)24-18-19-29-23(20-24)13-9-15-26(22-10-3-2-4-11-22)27-14-6-8-17-30(27)35-29/h2-8,10-12,14-20H,9,13,21H2,1H3/b26-15-. The molecule has 0 radical (unpaired) electrons. The monoisotopic (exact) mass is 539 g/mol. The summed E-state index contributed by atoms with van der Waals surface area (Å²) in [5.74, 6) is 0.0364. The maximum absolute atomic E-state index is 13.3. The fourth-order valence-electron chi connectivity index (χ4n) is 4.45. The van der Waals surface area contributed by atoms with Crippen LogP contribution in [0, 0.1) is 0 Å². The van der Waals surface area contributed by atoms with Crippen molar-refractivity contribution < 1.29 is 4.79 Å². The summed E-state index contributed by atoms with van der Waals surface area (Å²) in [6.07, 6.45) is 4.15. The highest BCUT2D eigenvalue weighted by Crippen LogP contribution is 2.40. The highest BCUT2D eigenvalue weighted by atomic mass is 79.9. The van der Waals surface area contributed by atoms with Crippen molar-refractivity contribution in [2.45, 2.75) is 29.2 Å². The van der Waals surface area contributed by atoms with E-state index >= 15 is 0 Å². The molecule has 0 saturated heterocycles. The molecule has 0 aliphatic carbocycles. The fourth-order valence-corrected chi connectivity index (χ4v) is 5.96. The van der Waals surface area contributed by atoms with Crippen molar-refractivity contribution in [3.05, 3.63) is 135 Å². The number of benzene rings is 4. The van der Waals surface area contributed by atoms with E-state index in [9.17, 15) is 4.79 Å². The van der Waals surface area contributed by atoms with Crippen LogP contribution in [0.25, 0.3) is 5.57 Å². The predicted molar refractivity (Wildman–Crippen MR) is 149 cm³/mol. The molecule has 0 aromatic heterocycles. The van der Waals surface area contributed by atoms with Crippen molar-refractivity contribution in [3.63, 3.8) is 0 Å². The SMILES string of the molecule is CN(Cc1ccccc1Br)C(=O)c1ccc2c(c1)CC/C=C(/c1ccccc1)c1ccccc1S2. The van der Waals surface area contributed by atoms with E-state index in [-0.39, 0.29) is 5.91 Å². The van der Waals surface area contributed by atoms with Gasteiger partial charge >= 0.3 is 0 Å². The molecular weight excluding hydrogens is 514 g/mol. The van der Waals surface area contributed by atoms with Gasteiger partial charge in [-0.3, -0.25) is 4.79 Å². The lowest BCUT2D eigenvalue weighted by Gasteiger charge is -2.19. The molecule has 0 atom stereocenters. The topological polar surface area (TPSA) is 20.3 Å². The Morgan fingerprint density at radius 3 is 2.46 bits per heavy atom. The van der Waals surface area contributed by atoms with E-state index in [1.807, 2.05) is 37.4 Å². The lowest BCUT2D eigenvalue weighted by Crippen LogP contribution is -2.26. The summed E-state index contributed by atoms with van der Waals surface area (Å²) in [6, 6.07) is 33.4. The number of aryl methyl sites for hydroxylation is 1. The molecule has 4 aromatic carbocycles. The van der Waals surface area contributed by atoms with Crippen LogP contribution in [0.1, 0.15) is 39.0 Å². The second kappa shape index (κ2) is 10.7. The Morgan fingerprint density at radius 2 is 1.63 bits per heavy atom. The van der Waals surface area contributed by atoms with Gasteiger partial charge in [0.25, 0.3) is 5.91 Å². The first-order valence-electron chi connectivity index (χ1n) is 11.7. The molecule has 5 rings (SSSR count). The zero-order valence-corrected chi connectivity index (χ0v) is 22.0. The van der Waals surface area contributed by atoms with Gasteiger partial charge in [-0.2, -0.15) is 0 Å². The number of rotatable bonds is 4. The van der Waals surface area contributed by atoms with Crippen LogP contribution < -0.4 is 0 Å². The molecule has 4 heteroatoms. The third-order valence-corrected chi connectivity index (χ3v) is 8.23. The summed E-state index contributed by atoms with van der Waals surface area (Å²) in [4.78, 5) is 17.5. The molecule has 0 fully saturated rings. The molecule has 0 bridgehead atoms. The summed E-state index contributed by atoms with van der Waals surface area (Å²) in [5, 5.41) is 0. The summed E-state index contributed by atoms with van der Waals surface area (Å²) in [6.45, 7) is 0.558. The summed E-state index contributed by atoms with van der Waals surface area (Å²) >= 11 is 5.38. The molecule has 1 aliphatic heterocycles. The molecule has 0 unspecified atom stereocenters. The van der Waals surface area contributed by atoms with E-state index in [1.165, 1.54) is 32.1 Å². The van der Waals surface area contributed by atoms with Gasteiger partial charge < -0.3 is 4.90 Å². The minimum absolute atomic E-state index is 0.0364. The van der Waals surface area contributed by atoms with Crippen LogP contribution in [-0.4, -0.2) is 17.9 Å². The van der Waals surface area contributed by atoms with Crippen molar-refractivity contribution >= 4 is 39.2 Å². The number of allylic oxidation sites excluding steroid dienone is 1. The lowest BCUT2D eigenvalue weighted by atomic mass is 9.95. The van der Waals surface area contributed by atoms with Crippen LogP contribution in [-0.2, 0) is 13.0 Å². The first-order valence-corrected chi connectivity index (χ1v) is 13.4. The molecule has 4 aromatic rings. The van der Waals surface area contributed by atoms with Gasteiger partial charge in [0.15, 0.2) is 0 Å². The van der Waals surface area contributed by atoms with Crippen molar-refractivity contribution in [1.29, 1.82) is 0 Å². The zero-order valence-electron chi connectivity index (χ0n) is 19.6. The quantitative estimate of drug-likeness (QED) is 0.260. The van der Waals surface area contributed by atoms with Gasteiger partial charge in [-0.1, -0.05) is 100 Å². The molecule has 2 nitrogen and oxygen atoms in total. The Bertz CT molecular complexity index is 1400. The van der Waals surface area contributed by atoms with E-state index in [1.54, 1.807) is 16.7 Å². The first-order chi connectivity index (χ1) is 17.1. The summed E-state index contributed by atoms with van der Waals surface area (Å²) < 4.78 is 1.02. The van der Waals surface area contributed by atoms with E-state index in [0.29, 0.717) is 6.54 Å². The van der Waals surface area contributed by atoms with Crippen molar-refractivity contribution in [3.8, 4) is 0 Å². The molecule has 0 N–H and O–H groups in total. The van der Waals surface area contributed by atoms with Crippen LogP contribution >= 0.6 is 27.7 Å². The Labute approximate surface area is 219 Å². The maximum Gasteiger partial charge on any atom is 0.253 e. The number of fused-ring (bicyclic) bond motifs is 2. The van der Waals surface area contributed by atoms with Crippen molar-refractivity contribution in [2.24, 2.45) is 0 Å².